The molecule has 0 spiro atoms. The van der Waals surface area contributed by atoms with E-state index in [1.54, 1.807) is 48.5 Å². The van der Waals surface area contributed by atoms with E-state index in [9.17, 15) is 9.59 Å². The van der Waals surface area contributed by atoms with Crippen LogP contribution < -0.4 is 5.32 Å². The minimum Gasteiger partial charge on any atom is -0.321 e. The van der Waals surface area contributed by atoms with Crippen molar-refractivity contribution in [2.24, 2.45) is 0 Å². The van der Waals surface area contributed by atoms with Crippen LogP contribution in [0.1, 0.15) is 31.8 Å². The fourth-order valence-electron chi connectivity index (χ4n) is 2.54. The summed E-state index contributed by atoms with van der Waals surface area (Å²) in [5, 5.41) is 2.86. The van der Waals surface area contributed by atoms with Gasteiger partial charge >= 0.3 is 0 Å². The first-order chi connectivity index (χ1) is 12.1. The molecule has 0 aliphatic carbocycles. The average Bonchev–Trinajstić information content (AvgIpc) is 2.64. The molecule has 0 unspecified atom stereocenters. The molecule has 1 N–H and O–H groups in total. The number of rotatable bonds is 4. The number of nitrogens with one attached hydrogen (secondary N) is 1. The molecule has 0 heterocycles. The van der Waals surface area contributed by atoms with E-state index < -0.39 is 0 Å². The molecule has 0 aliphatic rings. The van der Waals surface area contributed by atoms with E-state index in [1.807, 2.05) is 31.2 Å². The van der Waals surface area contributed by atoms with E-state index in [2.05, 4.69) is 21.2 Å². The first kappa shape index (κ1) is 17.1. The van der Waals surface area contributed by atoms with Gasteiger partial charge in [-0.15, -0.1) is 0 Å². The van der Waals surface area contributed by atoms with E-state index >= 15 is 0 Å². The molecule has 3 nitrogen and oxygen atoms in total. The van der Waals surface area contributed by atoms with Gasteiger partial charge in [0.2, 0.25) is 0 Å². The van der Waals surface area contributed by atoms with Crippen molar-refractivity contribution in [3.05, 3.63) is 99.5 Å². The summed E-state index contributed by atoms with van der Waals surface area (Å²) >= 11 is 3.45. The van der Waals surface area contributed by atoms with E-state index in [1.165, 1.54) is 0 Å². The molecule has 0 fully saturated rings. The highest BCUT2D eigenvalue weighted by atomic mass is 79.9. The van der Waals surface area contributed by atoms with E-state index in [4.69, 9.17) is 0 Å². The second kappa shape index (κ2) is 7.45. The van der Waals surface area contributed by atoms with Gasteiger partial charge in [-0.1, -0.05) is 54.6 Å². The predicted molar refractivity (Wildman–Crippen MR) is 103 cm³/mol. The van der Waals surface area contributed by atoms with Crippen molar-refractivity contribution in [1.82, 2.24) is 0 Å². The van der Waals surface area contributed by atoms with E-state index in [0.29, 0.717) is 22.4 Å². The third-order valence-corrected chi connectivity index (χ3v) is 4.48. The Labute approximate surface area is 154 Å². The van der Waals surface area contributed by atoms with Gasteiger partial charge in [0.1, 0.15) is 0 Å². The predicted octanol–water partition coefficient (Wildman–Crippen LogP) is 5.24. The standard InChI is InChI=1S/C21H16BrNO2/c1-14-11-12-19(18(22)13-14)23-21(25)17-10-6-5-9-16(17)20(24)15-7-3-2-4-8-15/h2-13H,1H3,(H,23,25). The molecular formula is C21H16BrNO2. The Morgan fingerprint density at radius 2 is 1.48 bits per heavy atom. The summed E-state index contributed by atoms with van der Waals surface area (Å²) in [5.41, 5.74) is 3.04. The van der Waals surface area contributed by atoms with Crippen LogP contribution >= 0.6 is 15.9 Å². The van der Waals surface area contributed by atoms with Crippen LogP contribution in [0, 0.1) is 6.92 Å². The highest BCUT2D eigenvalue weighted by molar-refractivity contribution is 9.10. The number of amides is 1. The lowest BCUT2D eigenvalue weighted by atomic mass is 9.98. The summed E-state index contributed by atoms with van der Waals surface area (Å²) in [7, 11) is 0. The number of anilines is 1. The summed E-state index contributed by atoms with van der Waals surface area (Å²) < 4.78 is 0.799. The molecule has 0 aromatic heterocycles. The Balaban J connectivity index is 1.92. The highest BCUT2D eigenvalue weighted by Crippen LogP contribution is 2.24. The van der Waals surface area contributed by atoms with Gasteiger partial charge in [-0.25, -0.2) is 0 Å². The maximum absolute atomic E-state index is 12.7. The van der Waals surface area contributed by atoms with E-state index in [0.717, 1.165) is 10.0 Å². The average molecular weight is 394 g/mol. The summed E-state index contributed by atoms with van der Waals surface area (Å²) in [5.74, 6) is -0.487. The second-order valence-corrected chi connectivity index (χ2v) is 6.53. The number of hydrogen-bond acceptors (Lipinski definition) is 2. The van der Waals surface area contributed by atoms with Gasteiger partial charge < -0.3 is 5.32 Å². The van der Waals surface area contributed by atoms with Crippen LogP contribution in [0.25, 0.3) is 0 Å². The summed E-state index contributed by atoms with van der Waals surface area (Å²) in [6, 6.07) is 21.5. The van der Waals surface area contributed by atoms with Gasteiger partial charge in [0.05, 0.1) is 11.3 Å². The fourth-order valence-corrected chi connectivity index (χ4v) is 3.13. The molecule has 0 atom stereocenters. The Kier molecular flexibility index (Phi) is 5.10. The number of ketones is 1. The zero-order valence-electron chi connectivity index (χ0n) is 13.6. The van der Waals surface area contributed by atoms with Crippen molar-refractivity contribution >= 4 is 33.3 Å². The smallest absolute Gasteiger partial charge is 0.256 e. The van der Waals surface area contributed by atoms with Crippen molar-refractivity contribution in [3.63, 3.8) is 0 Å². The summed E-state index contributed by atoms with van der Waals surface area (Å²) in [6.45, 7) is 1.98. The largest absolute Gasteiger partial charge is 0.321 e. The molecule has 0 saturated heterocycles. The molecule has 1 amide bonds. The van der Waals surface area contributed by atoms with Gasteiger partial charge in [0, 0.05) is 15.6 Å². The molecule has 124 valence electrons. The Morgan fingerprint density at radius 3 is 2.16 bits per heavy atom. The first-order valence-electron chi connectivity index (χ1n) is 7.82. The molecule has 4 heteroatoms. The Bertz CT molecular complexity index is 936. The zero-order valence-corrected chi connectivity index (χ0v) is 15.2. The summed E-state index contributed by atoms with van der Waals surface area (Å²) in [6.07, 6.45) is 0. The number of hydrogen-bond donors (Lipinski definition) is 1. The van der Waals surface area contributed by atoms with Crippen molar-refractivity contribution in [2.45, 2.75) is 6.92 Å². The van der Waals surface area contributed by atoms with Crippen LogP contribution in [0.2, 0.25) is 0 Å². The van der Waals surface area contributed by atoms with Crippen LogP contribution in [0.15, 0.2) is 77.3 Å². The number of carbonyl (C=O) groups excluding carboxylic acids is 2. The monoisotopic (exact) mass is 393 g/mol. The molecule has 3 aromatic carbocycles. The van der Waals surface area contributed by atoms with Gasteiger partial charge in [-0.05, 0) is 46.6 Å². The van der Waals surface area contributed by atoms with Crippen LogP contribution in [-0.2, 0) is 0 Å². The van der Waals surface area contributed by atoms with Gasteiger partial charge in [-0.2, -0.15) is 0 Å². The minimum atomic E-state index is -0.315. The molecule has 0 aliphatic heterocycles. The van der Waals surface area contributed by atoms with Crippen LogP contribution in [0.5, 0.6) is 0 Å². The minimum absolute atomic E-state index is 0.172. The first-order valence-corrected chi connectivity index (χ1v) is 8.62. The third-order valence-electron chi connectivity index (χ3n) is 3.83. The molecule has 0 bridgehead atoms. The molecule has 3 rings (SSSR count). The highest BCUT2D eigenvalue weighted by Gasteiger charge is 2.18. The van der Waals surface area contributed by atoms with Gasteiger partial charge in [0.15, 0.2) is 5.78 Å². The topological polar surface area (TPSA) is 46.2 Å². The number of halogens is 1. The quantitative estimate of drug-likeness (QED) is 0.615. The maximum atomic E-state index is 12.7. The SMILES string of the molecule is Cc1ccc(NC(=O)c2ccccc2C(=O)c2ccccc2)c(Br)c1. The van der Waals surface area contributed by atoms with E-state index in [-0.39, 0.29) is 11.7 Å². The molecule has 3 aromatic rings. The maximum Gasteiger partial charge on any atom is 0.256 e. The zero-order chi connectivity index (χ0) is 17.8. The van der Waals surface area contributed by atoms with Crippen molar-refractivity contribution in [1.29, 1.82) is 0 Å². The van der Waals surface area contributed by atoms with Crippen molar-refractivity contribution in [2.75, 3.05) is 5.32 Å². The number of carbonyl (C=O) groups is 2. The molecule has 0 radical (unpaired) electrons. The lowest BCUT2D eigenvalue weighted by Gasteiger charge is -2.11. The molecular weight excluding hydrogens is 378 g/mol. The third kappa shape index (κ3) is 3.86. The lowest BCUT2D eigenvalue weighted by molar-refractivity contribution is 0.0996. The van der Waals surface area contributed by atoms with Crippen LogP contribution in [0.3, 0.4) is 0 Å². The fraction of sp³-hybridized carbons (Fsp3) is 0.0476. The van der Waals surface area contributed by atoms with Crippen molar-refractivity contribution < 1.29 is 9.59 Å². The molecule has 0 saturated carbocycles. The van der Waals surface area contributed by atoms with Crippen LogP contribution in [-0.4, -0.2) is 11.7 Å². The lowest BCUT2D eigenvalue weighted by Crippen LogP contribution is -2.17. The number of aryl methyl sites for hydroxylation is 1. The second-order valence-electron chi connectivity index (χ2n) is 5.68. The Hall–Kier alpha value is -2.72. The summed E-state index contributed by atoms with van der Waals surface area (Å²) in [4.78, 5) is 25.5. The Morgan fingerprint density at radius 1 is 0.840 bits per heavy atom. The molecule has 25 heavy (non-hydrogen) atoms. The van der Waals surface area contributed by atoms with Gasteiger partial charge in [-0.3, -0.25) is 9.59 Å². The van der Waals surface area contributed by atoms with Crippen molar-refractivity contribution in [3.8, 4) is 0 Å². The van der Waals surface area contributed by atoms with Gasteiger partial charge in [0.25, 0.3) is 5.91 Å². The normalized spacial score (nSPS) is 10.3. The van der Waals surface area contributed by atoms with Crippen LogP contribution in [0.4, 0.5) is 5.69 Å². The number of benzene rings is 3.